The number of nitrogens with zero attached hydrogens (tertiary/aromatic N) is 1. The molecule has 0 fully saturated rings. The van der Waals surface area contributed by atoms with Crippen LogP contribution in [-0.4, -0.2) is 23.1 Å². The molecule has 1 aliphatic heterocycles. The topological polar surface area (TPSA) is 73.6 Å². The fraction of sp³-hybridized carbons (Fsp3) is 0.333. The van der Waals surface area contributed by atoms with Gasteiger partial charge < -0.3 is 19.2 Å². The van der Waals surface area contributed by atoms with Crippen molar-refractivity contribution in [2.45, 2.75) is 39.2 Å². The molecule has 1 N–H and O–H groups in total. The van der Waals surface area contributed by atoms with E-state index in [9.17, 15) is 4.79 Å². The van der Waals surface area contributed by atoms with Gasteiger partial charge in [-0.25, -0.2) is 4.98 Å². The first-order valence-corrected chi connectivity index (χ1v) is 9.06. The lowest BCUT2D eigenvalue weighted by Crippen LogP contribution is -2.25. The highest BCUT2D eigenvalue weighted by Gasteiger charge is 2.32. The Bertz CT molecular complexity index is 1010. The average molecular weight is 366 g/mol. The molecule has 0 unspecified atom stereocenters. The van der Waals surface area contributed by atoms with Crippen LogP contribution in [0.5, 0.6) is 11.5 Å². The number of para-hydroxylation sites is 1. The molecule has 0 aliphatic carbocycles. The summed E-state index contributed by atoms with van der Waals surface area (Å²) in [7, 11) is 0. The van der Waals surface area contributed by atoms with Crippen LogP contribution in [0.4, 0.5) is 5.69 Å². The lowest BCUT2D eigenvalue weighted by Gasteiger charge is -2.18. The van der Waals surface area contributed by atoms with Crippen LogP contribution >= 0.6 is 0 Å². The van der Waals surface area contributed by atoms with Crippen molar-refractivity contribution in [2.75, 3.05) is 11.9 Å². The Balaban J connectivity index is 1.42. The minimum absolute atomic E-state index is 0.0999. The fourth-order valence-corrected chi connectivity index (χ4v) is 3.25. The summed E-state index contributed by atoms with van der Waals surface area (Å²) >= 11 is 0. The number of nitrogens with one attached hydrogen (secondary N) is 1. The monoisotopic (exact) mass is 366 g/mol. The smallest absolute Gasteiger partial charge is 0.262 e. The summed E-state index contributed by atoms with van der Waals surface area (Å²) in [6.07, 6.45) is 1.55. The number of amides is 1. The first-order valence-electron chi connectivity index (χ1n) is 9.06. The van der Waals surface area contributed by atoms with Crippen molar-refractivity contribution >= 4 is 22.7 Å². The molecule has 0 saturated heterocycles. The SMILES string of the molecule is CCc1nc2cc(NC(=O)COc3cccc4c3OC(C)(C)C4)ccc2o1. The van der Waals surface area contributed by atoms with Crippen LogP contribution in [0, 0.1) is 0 Å². The van der Waals surface area contributed by atoms with Crippen molar-refractivity contribution < 1.29 is 18.7 Å². The number of benzene rings is 2. The Morgan fingerprint density at radius 1 is 1.30 bits per heavy atom. The summed E-state index contributed by atoms with van der Waals surface area (Å²) < 4.78 is 17.3. The van der Waals surface area contributed by atoms with E-state index in [0.717, 1.165) is 29.7 Å². The number of anilines is 1. The predicted molar refractivity (Wildman–Crippen MR) is 102 cm³/mol. The van der Waals surface area contributed by atoms with Gasteiger partial charge in [-0.1, -0.05) is 19.1 Å². The van der Waals surface area contributed by atoms with Gasteiger partial charge in [-0.2, -0.15) is 0 Å². The van der Waals surface area contributed by atoms with Crippen LogP contribution in [0.3, 0.4) is 0 Å². The quantitative estimate of drug-likeness (QED) is 0.735. The number of rotatable bonds is 5. The minimum Gasteiger partial charge on any atom is -0.483 e. The van der Waals surface area contributed by atoms with Gasteiger partial charge in [0.15, 0.2) is 29.6 Å². The van der Waals surface area contributed by atoms with Crippen molar-refractivity contribution in [1.82, 2.24) is 4.98 Å². The van der Waals surface area contributed by atoms with Crippen molar-refractivity contribution in [2.24, 2.45) is 0 Å². The lowest BCUT2D eigenvalue weighted by molar-refractivity contribution is -0.118. The number of aryl methyl sites for hydroxylation is 1. The zero-order chi connectivity index (χ0) is 19.0. The minimum atomic E-state index is -0.256. The predicted octanol–water partition coefficient (Wildman–Crippen LogP) is 4.12. The van der Waals surface area contributed by atoms with Crippen molar-refractivity contribution in [3.8, 4) is 11.5 Å². The Morgan fingerprint density at radius 2 is 2.15 bits per heavy atom. The second-order valence-corrected chi connectivity index (χ2v) is 7.26. The van der Waals surface area contributed by atoms with Gasteiger partial charge in [0.1, 0.15) is 11.1 Å². The normalized spacial score (nSPS) is 14.6. The van der Waals surface area contributed by atoms with Gasteiger partial charge >= 0.3 is 0 Å². The summed E-state index contributed by atoms with van der Waals surface area (Å²) in [5.41, 5.74) is 2.93. The molecule has 1 amide bonds. The number of carbonyl (C=O) groups is 1. The average Bonchev–Trinajstić information content (AvgIpc) is 3.18. The molecule has 0 saturated carbocycles. The molecule has 6 nitrogen and oxygen atoms in total. The summed E-state index contributed by atoms with van der Waals surface area (Å²) in [6.45, 7) is 5.95. The first kappa shape index (κ1) is 17.4. The second-order valence-electron chi connectivity index (χ2n) is 7.26. The van der Waals surface area contributed by atoms with Crippen molar-refractivity contribution in [3.63, 3.8) is 0 Å². The highest BCUT2D eigenvalue weighted by molar-refractivity contribution is 5.93. The number of hydrogen-bond acceptors (Lipinski definition) is 5. The highest BCUT2D eigenvalue weighted by atomic mass is 16.5. The Morgan fingerprint density at radius 3 is 2.96 bits per heavy atom. The third-order valence-electron chi connectivity index (χ3n) is 4.43. The molecular formula is C21H22N2O4. The van der Waals surface area contributed by atoms with E-state index in [1.54, 1.807) is 18.2 Å². The number of ether oxygens (including phenoxy) is 2. The lowest BCUT2D eigenvalue weighted by atomic mass is 10.0. The van der Waals surface area contributed by atoms with E-state index >= 15 is 0 Å². The molecule has 1 aliphatic rings. The van der Waals surface area contributed by atoms with Gasteiger partial charge in [0.25, 0.3) is 5.91 Å². The van der Waals surface area contributed by atoms with Gasteiger partial charge in [0.2, 0.25) is 0 Å². The van der Waals surface area contributed by atoms with E-state index in [1.807, 2.05) is 39.0 Å². The van der Waals surface area contributed by atoms with Crippen molar-refractivity contribution in [1.29, 1.82) is 0 Å². The molecule has 2 heterocycles. The molecular weight excluding hydrogens is 344 g/mol. The molecule has 0 spiro atoms. The molecule has 0 radical (unpaired) electrons. The van der Waals surface area contributed by atoms with Gasteiger partial charge in [0, 0.05) is 24.1 Å². The van der Waals surface area contributed by atoms with Crippen molar-refractivity contribution in [3.05, 3.63) is 47.9 Å². The summed E-state index contributed by atoms with van der Waals surface area (Å²) in [5, 5.41) is 2.83. The Labute approximate surface area is 157 Å². The summed E-state index contributed by atoms with van der Waals surface area (Å²) in [4.78, 5) is 16.7. The van der Waals surface area contributed by atoms with Gasteiger partial charge in [0.05, 0.1) is 0 Å². The van der Waals surface area contributed by atoms with Gasteiger partial charge in [-0.15, -0.1) is 0 Å². The fourth-order valence-electron chi connectivity index (χ4n) is 3.25. The van der Waals surface area contributed by atoms with Crippen LogP contribution in [0.2, 0.25) is 0 Å². The third kappa shape index (κ3) is 3.60. The number of carbonyl (C=O) groups excluding carboxylic acids is 1. The van der Waals surface area contributed by atoms with E-state index in [0.29, 0.717) is 22.9 Å². The maximum Gasteiger partial charge on any atom is 0.262 e. The van der Waals surface area contributed by atoms with Crippen LogP contribution in [0.1, 0.15) is 32.2 Å². The highest BCUT2D eigenvalue weighted by Crippen LogP contribution is 2.41. The van der Waals surface area contributed by atoms with E-state index < -0.39 is 0 Å². The van der Waals surface area contributed by atoms with Gasteiger partial charge in [-0.3, -0.25) is 4.79 Å². The number of aromatic nitrogens is 1. The van der Waals surface area contributed by atoms with E-state index in [1.165, 1.54) is 0 Å². The second kappa shape index (κ2) is 6.61. The standard InChI is InChI=1S/C21H22N2O4/c1-4-19-23-15-10-14(8-9-16(15)26-19)22-18(24)12-25-17-7-5-6-13-11-21(2,3)27-20(13)17/h5-10H,4,11-12H2,1-3H3,(H,22,24). The molecule has 6 heteroatoms. The molecule has 140 valence electrons. The van der Waals surface area contributed by atoms with Crippen LogP contribution < -0.4 is 14.8 Å². The van der Waals surface area contributed by atoms with Crippen LogP contribution in [-0.2, 0) is 17.6 Å². The van der Waals surface area contributed by atoms with E-state index in [-0.39, 0.29) is 18.1 Å². The molecule has 4 rings (SSSR count). The molecule has 27 heavy (non-hydrogen) atoms. The summed E-state index contributed by atoms with van der Waals surface area (Å²) in [5.74, 6) is 1.75. The zero-order valence-electron chi connectivity index (χ0n) is 15.7. The van der Waals surface area contributed by atoms with E-state index in [2.05, 4.69) is 10.3 Å². The number of fused-ring (bicyclic) bond motifs is 2. The molecule has 2 aromatic carbocycles. The van der Waals surface area contributed by atoms with Crippen LogP contribution in [0.25, 0.3) is 11.1 Å². The maximum absolute atomic E-state index is 12.3. The molecule has 1 aromatic heterocycles. The maximum atomic E-state index is 12.3. The Hall–Kier alpha value is -3.02. The molecule has 0 bridgehead atoms. The summed E-state index contributed by atoms with van der Waals surface area (Å²) in [6, 6.07) is 11.1. The van der Waals surface area contributed by atoms with E-state index in [4.69, 9.17) is 13.9 Å². The zero-order valence-corrected chi connectivity index (χ0v) is 15.7. The Kier molecular flexibility index (Phi) is 4.26. The molecule has 0 atom stereocenters. The third-order valence-corrected chi connectivity index (χ3v) is 4.43. The molecule has 3 aromatic rings. The largest absolute Gasteiger partial charge is 0.483 e. The number of oxazole rings is 1. The van der Waals surface area contributed by atoms with Gasteiger partial charge in [-0.05, 0) is 38.1 Å². The van der Waals surface area contributed by atoms with Crippen LogP contribution in [0.15, 0.2) is 40.8 Å². The number of hydrogen-bond donors (Lipinski definition) is 1. The first-order chi connectivity index (χ1) is 12.9.